The zero-order valence-electron chi connectivity index (χ0n) is 16.3. The molecular formula is C19H25N5O3. The lowest BCUT2D eigenvalue weighted by Gasteiger charge is -2.14. The molecule has 2 amide bonds. The highest BCUT2D eigenvalue weighted by molar-refractivity contribution is 6.06. The Morgan fingerprint density at radius 3 is 2.52 bits per heavy atom. The summed E-state index contributed by atoms with van der Waals surface area (Å²) in [5.74, 6) is 0.00306. The van der Waals surface area contributed by atoms with Gasteiger partial charge < -0.3 is 20.3 Å². The van der Waals surface area contributed by atoms with Gasteiger partial charge in [-0.15, -0.1) is 0 Å². The molecule has 2 N–H and O–H groups in total. The summed E-state index contributed by atoms with van der Waals surface area (Å²) in [6.07, 6.45) is 1.50. The van der Waals surface area contributed by atoms with Crippen LogP contribution in [0.25, 0.3) is 0 Å². The van der Waals surface area contributed by atoms with Crippen LogP contribution in [0.3, 0.4) is 0 Å². The van der Waals surface area contributed by atoms with Crippen molar-refractivity contribution in [2.75, 3.05) is 44.6 Å². The third-order valence-corrected chi connectivity index (χ3v) is 4.03. The molecule has 1 aromatic carbocycles. The number of nitrogens with one attached hydrogen (secondary N) is 2. The number of benzene rings is 1. The van der Waals surface area contributed by atoms with Gasteiger partial charge in [-0.1, -0.05) is 6.07 Å². The molecule has 0 saturated heterocycles. The number of nitrogens with zero attached hydrogens (tertiary/aromatic N) is 3. The first kappa shape index (κ1) is 20.3. The Morgan fingerprint density at radius 1 is 1.15 bits per heavy atom. The molecule has 2 rings (SSSR count). The highest BCUT2D eigenvalue weighted by atomic mass is 16.5. The van der Waals surface area contributed by atoms with E-state index >= 15 is 0 Å². The average Bonchev–Trinajstić information content (AvgIpc) is 2.63. The van der Waals surface area contributed by atoms with E-state index in [-0.39, 0.29) is 11.8 Å². The van der Waals surface area contributed by atoms with E-state index in [1.165, 1.54) is 6.20 Å². The summed E-state index contributed by atoms with van der Waals surface area (Å²) < 4.78 is 4.93. The number of anilines is 2. The predicted octanol–water partition coefficient (Wildman–Crippen LogP) is 1.79. The molecule has 0 fully saturated rings. The van der Waals surface area contributed by atoms with E-state index in [2.05, 4.69) is 20.6 Å². The largest absolute Gasteiger partial charge is 0.383 e. The molecule has 27 heavy (non-hydrogen) atoms. The fourth-order valence-electron chi connectivity index (χ4n) is 2.46. The fourth-order valence-corrected chi connectivity index (χ4v) is 2.46. The van der Waals surface area contributed by atoms with Crippen molar-refractivity contribution < 1.29 is 14.3 Å². The average molecular weight is 371 g/mol. The first-order chi connectivity index (χ1) is 12.8. The summed E-state index contributed by atoms with van der Waals surface area (Å²) in [5.41, 5.74) is 2.71. The topological polar surface area (TPSA) is 96.5 Å². The molecule has 144 valence electrons. The normalized spacial score (nSPS) is 10.4. The van der Waals surface area contributed by atoms with Crippen LogP contribution in [0.4, 0.5) is 11.6 Å². The second kappa shape index (κ2) is 9.09. The number of hydrogen-bond donors (Lipinski definition) is 2. The van der Waals surface area contributed by atoms with Gasteiger partial charge >= 0.3 is 0 Å². The van der Waals surface area contributed by atoms with Gasteiger partial charge in [0, 0.05) is 45.2 Å². The number of hydrogen-bond acceptors (Lipinski definition) is 6. The van der Waals surface area contributed by atoms with E-state index in [0.29, 0.717) is 47.2 Å². The molecule has 1 aromatic heterocycles. The van der Waals surface area contributed by atoms with E-state index in [1.54, 1.807) is 44.1 Å². The van der Waals surface area contributed by atoms with Crippen molar-refractivity contribution >= 4 is 23.5 Å². The van der Waals surface area contributed by atoms with Crippen LogP contribution in [-0.2, 0) is 4.74 Å². The molecule has 0 aliphatic heterocycles. The Hall–Kier alpha value is -3.00. The lowest BCUT2D eigenvalue weighted by molar-refractivity contribution is 0.0935. The van der Waals surface area contributed by atoms with E-state index in [9.17, 15) is 9.59 Å². The minimum Gasteiger partial charge on any atom is -0.383 e. The third kappa shape index (κ3) is 5.01. The van der Waals surface area contributed by atoms with Gasteiger partial charge in [-0.2, -0.15) is 0 Å². The second-order valence-electron chi connectivity index (χ2n) is 6.24. The zero-order valence-corrected chi connectivity index (χ0v) is 16.3. The SMILES string of the molecule is COCCNC(=O)c1cccc(NC(=O)c2cnc(N(C)C)nc2C)c1C. The molecule has 0 atom stereocenters. The number of carbonyl (C=O) groups excluding carboxylic acids is 2. The molecule has 0 unspecified atom stereocenters. The number of aryl methyl sites for hydroxylation is 1. The molecule has 8 heteroatoms. The Morgan fingerprint density at radius 2 is 1.89 bits per heavy atom. The standard InChI is InChI=1S/C19H25N5O3/c1-12-14(17(25)20-9-10-27-5)7-6-8-16(12)23-18(26)15-11-21-19(24(3)4)22-13(15)2/h6-8,11H,9-10H2,1-5H3,(H,20,25)(H,23,26). The van der Waals surface area contributed by atoms with Gasteiger partial charge in [0.15, 0.2) is 0 Å². The van der Waals surface area contributed by atoms with Gasteiger partial charge in [-0.25, -0.2) is 9.97 Å². The lowest BCUT2D eigenvalue weighted by atomic mass is 10.1. The number of ether oxygens (including phenoxy) is 1. The number of methoxy groups -OCH3 is 1. The van der Waals surface area contributed by atoms with Crippen molar-refractivity contribution in [1.82, 2.24) is 15.3 Å². The first-order valence-corrected chi connectivity index (χ1v) is 8.54. The van der Waals surface area contributed by atoms with Gasteiger partial charge in [0.25, 0.3) is 11.8 Å². The van der Waals surface area contributed by atoms with Crippen LogP contribution in [0.5, 0.6) is 0 Å². The molecule has 0 bridgehead atoms. The van der Waals surface area contributed by atoms with Crippen LogP contribution < -0.4 is 15.5 Å². The maximum atomic E-state index is 12.6. The van der Waals surface area contributed by atoms with Gasteiger partial charge in [0.05, 0.1) is 17.9 Å². The quantitative estimate of drug-likeness (QED) is 0.721. The van der Waals surface area contributed by atoms with Crippen molar-refractivity contribution in [2.45, 2.75) is 13.8 Å². The third-order valence-electron chi connectivity index (χ3n) is 4.03. The molecule has 0 saturated carbocycles. The van der Waals surface area contributed by atoms with E-state index < -0.39 is 0 Å². The monoisotopic (exact) mass is 371 g/mol. The Kier molecular flexibility index (Phi) is 6.84. The Labute approximate surface area is 159 Å². The molecule has 0 radical (unpaired) electrons. The maximum absolute atomic E-state index is 12.6. The fraction of sp³-hybridized carbons (Fsp3) is 0.368. The molecule has 0 spiro atoms. The van der Waals surface area contributed by atoms with Crippen molar-refractivity contribution in [3.63, 3.8) is 0 Å². The molecule has 1 heterocycles. The van der Waals surface area contributed by atoms with Crippen LogP contribution >= 0.6 is 0 Å². The number of rotatable bonds is 7. The first-order valence-electron chi connectivity index (χ1n) is 8.54. The molecule has 8 nitrogen and oxygen atoms in total. The summed E-state index contributed by atoms with van der Waals surface area (Å²) in [7, 11) is 5.24. The van der Waals surface area contributed by atoms with E-state index in [1.807, 2.05) is 14.1 Å². The minimum atomic E-state index is -0.321. The second-order valence-corrected chi connectivity index (χ2v) is 6.24. The predicted molar refractivity (Wildman–Crippen MR) is 104 cm³/mol. The summed E-state index contributed by atoms with van der Waals surface area (Å²) in [6, 6.07) is 5.20. The summed E-state index contributed by atoms with van der Waals surface area (Å²) in [6.45, 7) is 4.40. The Balaban J connectivity index is 2.19. The molecule has 0 aliphatic rings. The van der Waals surface area contributed by atoms with Crippen LogP contribution in [0.15, 0.2) is 24.4 Å². The van der Waals surface area contributed by atoms with Crippen LogP contribution in [-0.4, -0.2) is 56.1 Å². The van der Waals surface area contributed by atoms with E-state index in [0.717, 1.165) is 0 Å². The highest BCUT2D eigenvalue weighted by Crippen LogP contribution is 2.20. The zero-order chi connectivity index (χ0) is 20.0. The summed E-state index contributed by atoms with van der Waals surface area (Å²) in [5, 5.41) is 5.62. The summed E-state index contributed by atoms with van der Waals surface area (Å²) >= 11 is 0. The van der Waals surface area contributed by atoms with Gasteiger partial charge in [0.1, 0.15) is 0 Å². The number of amides is 2. The van der Waals surface area contributed by atoms with E-state index in [4.69, 9.17) is 4.74 Å². The molecular weight excluding hydrogens is 346 g/mol. The molecule has 0 aliphatic carbocycles. The maximum Gasteiger partial charge on any atom is 0.259 e. The molecule has 2 aromatic rings. The van der Waals surface area contributed by atoms with Crippen molar-refractivity contribution in [1.29, 1.82) is 0 Å². The van der Waals surface area contributed by atoms with Gasteiger partial charge in [-0.05, 0) is 31.5 Å². The smallest absolute Gasteiger partial charge is 0.259 e. The number of carbonyl (C=O) groups is 2. The van der Waals surface area contributed by atoms with Gasteiger partial charge in [-0.3, -0.25) is 9.59 Å². The number of aromatic nitrogens is 2. The van der Waals surface area contributed by atoms with Crippen molar-refractivity contribution in [3.8, 4) is 0 Å². The van der Waals surface area contributed by atoms with Gasteiger partial charge in [0.2, 0.25) is 5.95 Å². The van der Waals surface area contributed by atoms with Crippen LogP contribution in [0.1, 0.15) is 32.0 Å². The van der Waals surface area contributed by atoms with Crippen molar-refractivity contribution in [3.05, 3.63) is 46.8 Å². The van der Waals surface area contributed by atoms with Crippen molar-refractivity contribution in [2.24, 2.45) is 0 Å². The summed E-state index contributed by atoms with van der Waals surface area (Å²) in [4.78, 5) is 35.2. The highest BCUT2D eigenvalue weighted by Gasteiger charge is 2.16. The Bertz CT molecular complexity index is 836. The van der Waals surface area contributed by atoms with Crippen LogP contribution in [0, 0.1) is 13.8 Å². The van der Waals surface area contributed by atoms with Crippen LogP contribution in [0.2, 0.25) is 0 Å². The minimum absolute atomic E-state index is 0.213. The lowest BCUT2D eigenvalue weighted by Crippen LogP contribution is -2.28.